The second-order valence-electron chi connectivity index (χ2n) is 4.24. The number of methoxy groups -OCH3 is 1. The van der Waals surface area contributed by atoms with E-state index < -0.39 is 28.7 Å². The first kappa shape index (κ1) is 14.9. The monoisotopic (exact) mass is 309 g/mol. The maximum absolute atomic E-state index is 11.9. The molecule has 2 N–H and O–H groups in total. The van der Waals surface area contributed by atoms with Crippen molar-refractivity contribution in [1.29, 1.82) is 0 Å². The highest BCUT2D eigenvalue weighted by molar-refractivity contribution is 6.31. The largest absolute Gasteiger partial charge is 0.507 e. The van der Waals surface area contributed by atoms with Crippen LogP contribution in [0, 0.1) is 0 Å². The highest BCUT2D eigenvalue weighted by atomic mass is 35.5. The minimum Gasteiger partial charge on any atom is -0.507 e. The van der Waals surface area contributed by atoms with Gasteiger partial charge in [0.25, 0.3) is 5.56 Å². The molecule has 0 aliphatic carbocycles. The predicted molar refractivity (Wildman–Crippen MR) is 75.9 cm³/mol. The molecule has 2 aromatic rings. The summed E-state index contributed by atoms with van der Waals surface area (Å²) in [5.41, 5.74) is -0.556. The molecule has 6 nitrogen and oxygen atoms in total. The highest BCUT2D eigenvalue weighted by Gasteiger charge is 2.22. The number of aromatic nitrogens is 1. The molecule has 0 saturated carbocycles. The van der Waals surface area contributed by atoms with Crippen LogP contribution in [-0.2, 0) is 11.3 Å². The lowest BCUT2D eigenvalue weighted by molar-refractivity contribution is 0.0592. The normalized spacial score (nSPS) is 10.4. The van der Waals surface area contributed by atoms with Crippen LogP contribution in [0.4, 0.5) is 0 Å². The van der Waals surface area contributed by atoms with Crippen molar-refractivity contribution in [1.82, 2.24) is 4.57 Å². The van der Waals surface area contributed by atoms with E-state index in [0.29, 0.717) is 10.6 Å². The summed E-state index contributed by atoms with van der Waals surface area (Å²) in [7, 11) is 1.10. The molecule has 0 amide bonds. The predicted octanol–water partition coefficient (Wildman–Crippen LogP) is 1.75. The molecule has 7 heteroatoms. The van der Waals surface area contributed by atoms with Gasteiger partial charge in [-0.3, -0.25) is 9.36 Å². The van der Waals surface area contributed by atoms with Gasteiger partial charge in [-0.2, -0.15) is 0 Å². The number of rotatable bonds is 3. The molecule has 1 aromatic carbocycles. The van der Waals surface area contributed by atoms with Gasteiger partial charge in [0, 0.05) is 11.1 Å². The van der Waals surface area contributed by atoms with Gasteiger partial charge in [-0.15, -0.1) is 0 Å². The molecule has 0 atom stereocenters. The fourth-order valence-corrected chi connectivity index (χ4v) is 2.06. The van der Waals surface area contributed by atoms with Crippen LogP contribution in [0.2, 0.25) is 5.02 Å². The third kappa shape index (κ3) is 2.85. The molecule has 21 heavy (non-hydrogen) atoms. The van der Waals surface area contributed by atoms with Crippen molar-refractivity contribution < 1.29 is 19.7 Å². The molecule has 0 bridgehead atoms. The Balaban J connectivity index is 2.57. The third-order valence-corrected chi connectivity index (χ3v) is 3.31. The van der Waals surface area contributed by atoms with Crippen LogP contribution in [-0.4, -0.2) is 27.9 Å². The number of carbonyl (C=O) groups is 1. The zero-order valence-corrected chi connectivity index (χ0v) is 11.8. The van der Waals surface area contributed by atoms with E-state index in [1.807, 2.05) is 0 Å². The molecule has 0 fully saturated rings. The van der Waals surface area contributed by atoms with Crippen molar-refractivity contribution in [2.75, 3.05) is 7.11 Å². The number of halogens is 1. The van der Waals surface area contributed by atoms with E-state index in [2.05, 4.69) is 4.74 Å². The van der Waals surface area contributed by atoms with Gasteiger partial charge < -0.3 is 14.9 Å². The first-order valence-electron chi connectivity index (χ1n) is 5.93. The average Bonchev–Trinajstić information content (AvgIpc) is 2.44. The number of hydrogen-bond acceptors (Lipinski definition) is 5. The Bertz CT molecular complexity index is 754. The molecule has 0 radical (unpaired) electrons. The van der Waals surface area contributed by atoms with Gasteiger partial charge in [-0.25, -0.2) is 4.79 Å². The Morgan fingerprint density at radius 1 is 1.33 bits per heavy atom. The lowest BCUT2D eigenvalue weighted by Gasteiger charge is -2.13. The third-order valence-electron chi connectivity index (χ3n) is 2.94. The molecule has 2 rings (SSSR count). The van der Waals surface area contributed by atoms with Crippen LogP contribution in [0.3, 0.4) is 0 Å². The standard InChI is InChI=1S/C14H12ClNO5/c1-21-14(20)12-10(17)6-11(18)16(13(12)19)7-8-4-2-3-5-9(8)15/h2-6,17,19H,7H2,1H3. The van der Waals surface area contributed by atoms with Crippen LogP contribution in [0.25, 0.3) is 0 Å². The minimum absolute atomic E-state index is 0.0470. The van der Waals surface area contributed by atoms with E-state index in [-0.39, 0.29) is 6.54 Å². The molecule has 1 heterocycles. The molecule has 0 aliphatic heterocycles. The van der Waals surface area contributed by atoms with Gasteiger partial charge >= 0.3 is 5.97 Å². The smallest absolute Gasteiger partial charge is 0.347 e. The summed E-state index contributed by atoms with van der Waals surface area (Å²) >= 11 is 6.00. The van der Waals surface area contributed by atoms with Crippen molar-refractivity contribution >= 4 is 17.6 Å². The van der Waals surface area contributed by atoms with Gasteiger partial charge in [0.05, 0.1) is 13.7 Å². The SMILES string of the molecule is COC(=O)c1c(O)cc(=O)n(Cc2ccccc2Cl)c1O. The zero-order chi connectivity index (χ0) is 15.6. The van der Waals surface area contributed by atoms with E-state index in [4.69, 9.17) is 11.6 Å². The summed E-state index contributed by atoms with van der Waals surface area (Å²) < 4.78 is 5.39. The summed E-state index contributed by atoms with van der Waals surface area (Å²) in [4.78, 5) is 23.4. The van der Waals surface area contributed by atoms with Gasteiger partial charge in [0.2, 0.25) is 5.88 Å². The van der Waals surface area contributed by atoms with E-state index >= 15 is 0 Å². The fourth-order valence-electron chi connectivity index (χ4n) is 1.87. The number of nitrogens with zero attached hydrogens (tertiary/aromatic N) is 1. The van der Waals surface area contributed by atoms with Crippen molar-refractivity contribution in [3.63, 3.8) is 0 Å². The molecule has 0 saturated heterocycles. The van der Waals surface area contributed by atoms with Gasteiger partial charge in [0.15, 0.2) is 5.56 Å². The Labute approximate surface area is 124 Å². The first-order chi connectivity index (χ1) is 9.95. The number of hydrogen-bond donors (Lipinski definition) is 2. The van der Waals surface area contributed by atoms with Crippen LogP contribution in [0.15, 0.2) is 35.1 Å². The first-order valence-corrected chi connectivity index (χ1v) is 6.31. The van der Waals surface area contributed by atoms with Crippen LogP contribution >= 0.6 is 11.6 Å². The number of pyridine rings is 1. The van der Waals surface area contributed by atoms with Crippen molar-refractivity contribution in [3.05, 3.63) is 56.8 Å². The van der Waals surface area contributed by atoms with Crippen LogP contribution in [0.5, 0.6) is 11.6 Å². The maximum atomic E-state index is 11.9. The second kappa shape index (κ2) is 5.88. The topological polar surface area (TPSA) is 88.8 Å². The van der Waals surface area contributed by atoms with Crippen molar-refractivity contribution in [2.24, 2.45) is 0 Å². The molecule has 1 aromatic heterocycles. The summed E-state index contributed by atoms with van der Waals surface area (Å²) in [6.07, 6.45) is 0. The highest BCUT2D eigenvalue weighted by Crippen LogP contribution is 2.26. The number of aromatic hydroxyl groups is 2. The zero-order valence-electron chi connectivity index (χ0n) is 11.0. The van der Waals surface area contributed by atoms with E-state index in [1.54, 1.807) is 24.3 Å². The molecule has 0 spiro atoms. The molecular weight excluding hydrogens is 298 g/mol. The average molecular weight is 310 g/mol. The number of ether oxygens (including phenoxy) is 1. The number of benzene rings is 1. The summed E-state index contributed by atoms with van der Waals surface area (Å²) in [6.45, 7) is -0.0470. The second-order valence-corrected chi connectivity index (χ2v) is 4.64. The molecule has 0 unspecified atom stereocenters. The van der Waals surface area contributed by atoms with E-state index in [0.717, 1.165) is 17.7 Å². The summed E-state index contributed by atoms with van der Waals surface area (Å²) in [6, 6.07) is 7.61. The minimum atomic E-state index is -0.946. The fraction of sp³-hybridized carbons (Fsp3) is 0.143. The summed E-state index contributed by atoms with van der Waals surface area (Å²) in [5.74, 6) is -2.26. The van der Waals surface area contributed by atoms with E-state index in [1.165, 1.54) is 0 Å². The quantitative estimate of drug-likeness (QED) is 0.843. The maximum Gasteiger partial charge on any atom is 0.347 e. The lowest BCUT2D eigenvalue weighted by Crippen LogP contribution is -2.22. The van der Waals surface area contributed by atoms with Gasteiger partial charge in [-0.05, 0) is 11.6 Å². The van der Waals surface area contributed by atoms with E-state index in [9.17, 15) is 19.8 Å². The Hall–Kier alpha value is -2.47. The number of carbonyl (C=O) groups excluding carboxylic acids is 1. The van der Waals surface area contributed by atoms with Crippen LogP contribution < -0.4 is 5.56 Å². The molecule has 110 valence electrons. The lowest BCUT2D eigenvalue weighted by atomic mass is 10.2. The number of esters is 1. The Morgan fingerprint density at radius 2 is 2.00 bits per heavy atom. The van der Waals surface area contributed by atoms with Gasteiger partial charge in [-0.1, -0.05) is 29.8 Å². The van der Waals surface area contributed by atoms with Gasteiger partial charge in [0.1, 0.15) is 5.75 Å². The summed E-state index contributed by atoms with van der Waals surface area (Å²) in [5, 5.41) is 20.1. The Kier molecular flexibility index (Phi) is 4.18. The molecule has 0 aliphatic rings. The van der Waals surface area contributed by atoms with Crippen molar-refractivity contribution in [3.8, 4) is 11.6 Å². The molecular formula is C14H12ClNO5. The van der Waals surface area contributed by atoms with Crippen LogP contribution in [0.1, 0.15) is 15.9 Å². The Morgan fingerprint density at radius 3 is 2.62 bits per heavy atom. The van der Waals surface area contributed by atoms with Crippen molar-refractivity contribution in [2.45, 2.75) is 6.54 Å².